The minimum atomic E-state index is 0.909. The summed E-state index contributed by atoms with van der Waals surface area (Å²) in [5.74, 6) is 0. The molecule has 0 aliphatic rings. The lowest BCUT2D eigenvalue weighted by Crippen LogP contribution is -1.93. The summed E-state index contributed by atoms with van der Waals surface area (Å²) in [5, 5.41) is 22.5. The first-order chi connectivity index (χ1) is 26.3. The third-order valence-electron chi connectivity index (χ3n) is 12.1. The molecule has 0 saturated carbocycles. The second-order valence-corrected chi connectivity index (χ2v) is 14.7. The average Bonchev–Trinajstić information content (AvgIpc) is 3.58. The fraction of sp³-hybridized carbons (Fsp3) is 0. The van der Waals surface area contributed by atoms with Crippen LogP contribution < -0.4 is 0 Å². The van der Waals surface area contributed by atoms with E-state index >= 15 is 0 Å². The van der Waals surface area contributed by atoms with Crippen molar-refractivity contribution in [1.82, 2.24) is 0 Å². The van der Waals surface area contributed by atoms with Gasteiger partial charge in [0.1, 0.15) is 11.2 Å². The molecule has 242 valence electrons. The van der Waals surface area contributed by atoms with Crippen LogP contribution in [0.3, 0.4) is 0 Å². The number of rotatable bonds is 2. The summed E-state index contributed by atoms with van der Waals surface area (Å²) in [6.45, 7) is 0. The first-order valence-electron chi connectivity index (χ1n) is 18.4. The topological polar surface area (TPSA) is 13.1 Å². The van der Waals surface area contributed by atoms with E-state index in [-0.39, 0.29) is 0 Å². The van der Waals surface area contributed by atoms with Gasteiger partial charge in [-0.25, -0.2) is 0 Å². The SMILES string of the molecule is c1ccc2cc3c(cc2c1)oc1c(-c2ccc4ccc5cccc6ccc2c4c56)c2ccccc2c(-c2ccc4ccc5cccc6ccc2c4c56)c13. The molecule has 1 aromatic heterocycles. The zero-order valence-corrected chi connectivity index (χ0v) is 28.6. The molecule has 12 aromatic carbocycles. The van der Waals surface area contributed by atoms with Gasteiger partial charge in [-0.05, 0) is 109 Å². The minimum Gasteiger partial charge on any atom is -0.455 e. The number of hydrogen-bond acceptors (Lipinski definition) is 1. The molecule has 0 aliphatic heterocycles. The molecule has 1 heterocycles. The van der Waals surface area contributed by atoms with Crippen LogP contribution in [0.2, 0.25) is 0 Å². The molecule has 0 bridgehead atoms. The highest BCUT2D eigenvalue weighted by Crippen LogP contribution is 2.52. The largest absolute Gasteiger partial charge is 0.455 e. The van der Waals surface area contributed by atoms with Crippen molar-refractivity contribution in [1.29, 1.82) is 0 Å². The van der Waals surface area contributed by atoms with Crippen molar-refractivity contribution in [3.63, 3.8) is 0 Å². The molecule has 0 spiro atoms. The Bertz CT molecular complexity index is 3640. The van der Waals surface area contributed by atoms with E-state index in [1.54, 1.807) is 0 Å². The summed E-state index contributed by atoms with van der Waals surface area (Å²) >= 11 is 0. The van der Waals surface area contributed by atoms with Crippen LogP contribution in [0.5, 0.6) is 0 Å². The maximum absolute atomic E-state index is 7.23. The highest BCUT2D eigenvalue weighted by molar-refractivity contribution is 6.34. The normalized spacial score (nSPS) is 12.5. The van der Waals surface area contributed by atoms with Crippen LogP contribution in [-0.2, 0) is 0 Å². The third kappa shape index (κ3) is 3.56. The van der Waals surface area contributed by atoms with Crippen molar-refractivity contribution in [2.45, 2.75) is 0 Å². The summed E-state index contributed by atoms with van der Waals surface area (Å²) in [5.41, 5.74) is 6.65. The standard InChI is InChI=1S/C52H28O/c1-2-8-36-28-44-43(27-35(36)7-1)51-49(41-25-21-33-17-15-29-9-5-11-31-19-23-39(41)47(33)45(29)31)37-13-3-4-14-38(37)50(52(51)53-44)42-26-22-34-18-16-30-10-6-12-32-20-24-40(42)48(34)46(30)32/h1-28H. The van der Waals surface area contributed by atoms with Crippen LogP contribution in [0.1, 0.15) is 0 Å². The molecule has 0 atom stereocenters. The maximum Gasteiger partial charge on any atom is 0.144 e. The van der Waals surface area contributed by atoms with Crippen molar-refractivity contribution >= 4 is 108 Å². The summed E-state index contributed by atoms with van der Waals surface area (Å²) in [6, 6.07) is 63.1. The summed E-state index contributed by atoms with van der Waals surface area (Å²) in [4.78, 5) is 0. The minimum absolute atomic E-state index is 0.909. The lowest BCUT2D eigenvalue weighted by atomic mass is 9.83. The second-order valence-electron chi connectivity index (χ2n) is 14.7. The Hall–Kier alpha value is -6.96. The molecule has 0 unspecified atom stereocenters. The molecule has 0 radical (unpaired) electrons. The first-order valence-corrected chi connectivity index (χ1v) is 18.4. The average molecular weight is 669 g/mol. The molecule has 0 amide bonds. The summed E-state index contributed by atoms with van der Waals surface area (Å²) in [7, 11) is 0. The van der Waals surface area contributed by atoms with Crippen LogP contribution >= 0.6 is 0 Å². The van der Waals surface area contributed by atoms with Gasteiger partial charge in [-0.15, -0.1) is 0 Å². The molecule has 1 heteroatoms. The van der Waals surface area contributed by atoms with Gasteiger partial charge in [0.2, 0.25) is 0 Å². The zero-order chi connectivity index (χ0) is 34.4. The van der Waals surface area contributed by atoms with E-state index in [9.17, 15) is 0 Å². The summed E-state index contributed by atoms with van der Waals surface area (Å²) in [6.07, 6.45) is 0. The van der Waals surface area contributed by atoms with Crippen molar-refractivity contribution in [2.24, 2.45) is 0 Å². The number of benzene rings is 12. The quantitative estimate of drug-likeness (QED) is 0.167. The van der Waals surface area contributed by atoms with Gasteiger partial charge in [0, 0.05) is 21.9 Å². The molecule has 53 heavy (non-hydrogen) atoms. The fourth-order valence-corrected chi connectivity index (χ4v) is 9.84. The molecule has 13 rings (SSSR count). The van der Waals surface area contributed by atoms with Gasteiger partial charge in [-0.2, -0.15) is 0 Å². The Morgan fingerprint density at radius 1 is 0.264 bits per heavy atom. The molecule has 0 aliphatic carbocycles. The van der Waals surface area contributed by atoms with Crippen LogP contribution in [0.15, 0.2) is 174 Å². The van der Waals surface area contributed by atoms with Crippen LogP contribution in [0.4, 0.5) is 0 Å². The highest BCUT2D eigenvalue weighted by Gasteiger charge is 2.25. The fourth-order valence-electron chi connectivity index (χ4n) is 9.84. The lowest BCUT2D eigenvalue weighted by Gasteiger charge is -2.19. The summed E-state index contributed by atoms with van der Waals surface area (Å²) < 4.78 is 7.23. The lowest BCUT2D eigenvalue weighted by molar-refractivity contribution is 0.671. The maximum atomic E-state index is 7.23. The van der Waals surface area contributed by atoms with E-state index in [1.165, 1.54) is 108 Å². The molecule has 13 aromatic rings. The van der Waals surface area contributed by atoms with Gasteiger partial charge in [-0.3, -0.25) is 0 Å². The molecule has 0 saturated heterocycles. The van der Waals surface area contributed by atoms with E-state index in [2.05, 4.69) is 170 Å². The van der Waals surface area contributed by atoms with E-state index in [4.69, 9.17) is 4.42 Å². The van der Waals surface area contributed by atoms with Crippen molar-refractivity contribution < 1.29 is 4.42 Å². The monoisotopic (exact) mass is 668 g/mol. The molecule has 0 fully saturated rings. The van der Waals surface area contributed by atoms with Crippen molar-refractivity contribution in [2.75, 3.05) is 0 Å². The number of hydrogen-bond donors (Lipinski definition) is 0. The molecule has 1 nitrogen and oxygen atoms in total. The van der Waals surface area contributed by atoms with Crippen molar-refractivity contribution in [3.05, 3.63) is 170 Å². The van der Waals surface area contributed by atoms with Gasteiger partial charge < -0.3 is 4.42 Å². The third-order valence-corrected chi connectivity index (χ3v) is 12.1. The smallest absolute Gasteiger partial charge is 0.144 e. The number of furan rings is 1. The van der Waals surface area contributed by atoms with Crippen molar-refractivity contribution in [3.8, 4) is 22.3 Å². The van der Waals surface area contributed by atoms with Gasteiger partial charge in [0.25, 0.3) is 0 Å². The van der Waals surface area contributed by atoms with Crippen LogP contribution in [0, 0.1) is 0 Å². The highest BCUT2D eigenvalue weighted by atomic mass is 16.3. The van der Waals surface area contributed by atoms with Crippen LogP contribution in [-0.4, -0.2) is 0 Å². The molecular weight excluding hydrogens is 641 g/mol. The van der Waals surface area contributed by atoms with E-state index in [0.29, 0.717) is 0 Å². The second kappa shape index (κ2) is 9.88. The predicted octanol–water partition coefficient (Wildman–Crippen LogP) is 15.0. The Morgan fingerprint density at radius 2 is 0.698 bits per heavy atom. The Labute approximate surface area is 303 Å². The van der Waals surface area contributed by atoms with E-state index in [0.717, 1.165) is 22.1 Å². The first kappa shape index (κ1) is 27.7. The van der Waals surface area contributed by atoms with Gasteiger partial charge in [-0.1, -0.05) is 158 Å². The van der Waals surface area contributed by atoms with Gasteiger partial charge in [0.05, 0.1) is 0 Å². The number of fused-ring (bicyclic) bond motifs is 5. The zero-order valence-electron chi connectivity index (χ0n) is 28.6. The predicted molar refractivity (Wildman–Crippen MR) is 227 cm³/mol. The van der Waals surface area contributed by atoms with E-state index in [1.807, 2.05) is 0 Å². The van der Waals surface area contributed by atoms with Gasteiger partial charge >= 0.3 is 0 Å². The molecule has 0 N–H and O–H groups in total. The van der Waals surface area contributed by atoms with Crippen LogP contribution in [0.25, 0.3) is 130 Å². The van der Waals surface area contributed by atoms with E-state index < -0.39 is 0 Å². The Kier molecular flexibility index (Phi) is 5.17. The van der Waals surface area contributed by atoms with Gasteiger partial charge in [0.15, 0.2) is 0 Å². The Balaban J connectivity index is 1.26. The molecular formula is C52H28O. The Morgan fingerprint density at radius 3 is 1.28 bits per heavy atom.